The summed E-state index contributed by atoms with van der Waals surface area (Å²) in [5.41, 5.74) is 0. The van der Waals surface area contributed by atoms with E-state index in [0.717, 1.165) is 12.8 Å². The van der Waals surface area contributed by atoms with E-state index < -0.39 is 11.9 Å². The largest absolute Gasteiger partial charge is 0.481 e. The number of carboxylic acids is 1. The topological polar surface area (TPSA) is 57.6 Å². The molecule has 1 amide bonds. The summed E-state index contributed by atoms with van der Waals surface area (Å²) in [6.07, 6.45) is 10.4. The van der Waals surface area contributed by atoms with E-state index in [1.165, 1.54) is 19.3 Å². The summed E-state index contributed by atoms with van der Waals surface area (Å²) in [5.74, 6) is -1.39. The van der Waals surface area contributed by atoms with Gasteiger partial charge >= 0.3 is 5.97 Å². The van der Waals surface area contributed by atoms with Crippen LogP contribution in [0.4, 0.5) is 0 Å². The lowest BCUT2D eigenvalue weighted by molar-refractivity contribution is -0.144. The maximum Gasteiger partial charge on any atom is 0.304 e. The molecule has 0 spiro atoms. The summed E-state index contributed by atoms with van der Waals surface area (Å²) in [6, 6.07) is 0. The summed E-state index contributed by atoms with van der Waals surface area (Å²) in [5, 5.41) is 8.96. The molecule has 0 bridgehead atoms. The van der Waals surface area contributed by atoms with Gasteiger partial charge < -0.3 is 10.0 Å². The molecular weight excluding hydrogens is 266 g/mol. The van der Waals surface area contributed by atoms with Crippen LogP contribution in [0, 0.1) is 5.92 Å². The van der Waals surface area contributed by atoms with Gasteiger partial charge in [-0.1, -0.05) is 38.3 Å². The number of carbonyl (C=O) groups is 2. The first-order chi connectivity index (χ1) is 10.1. The Morgan fingerprint density at radius 1 is 1.05 bits per heavy atom. The molecule has 0 aromatic carbocycles. The van der Waals surface area contributed by atoms with E-state index in [-0.39, 0.29) is 12.3 Å². The average molecular weight is 297 g/mol. The predicted octanol–water partition coefficient (Wildman–Crippen LogP) is 3.86. The predicted molar refractivity (Wildman–Crippen MR) is 86.2 cm³/mol. The van der Waals surface area contributed by atoms with Gasteiger partial charge in [-0.2, -0.15) is 0 Å². The van der Waals surface area contributed by atoms with Crippen LogP contribution in [0.3, 0.4) is 0 Å². The van der Waals surface area contributed by atoms with Crippen LogP contribution in [-0.4, -0.2) is 35.0 Å². The van der Waals surface area contributed by atoms with Crippen LogP contribution in [-0.2, 0) is 9.59 Å². The maximum atomic E-state index is 12.3. The SMILES string of the molecule is CCCCCC/C=C\CC(CC(=O)O)C(=O)N(CC)CC. The second-order valence-electron chi connectivity index (χ2n) is 5.36. The minimum Gasteiger partial charge on any atom is -0.481 e. The minimum absolute atomic E-state index is 0.0435. The number of nitrogens with zero attached hydrogens (tertiary/aromatic N) is 1. The molecule has 0 radical (unpaired) electrons. The minimum atomic E-state index is -0.906. The number of amides is 1. The fraction of sp³-hybridized carbons (Fsp3) is 0.765. The second-order valence-corrected chi connectivity index (χ2v) is 5.36. The van der Waals surface area contributed by atoms with Crippen LogP contribution in [0.2, 0.25) is 0 Å². The van der Waals surface area contributed by atoms with Gasteiger partial charge in [-0.15, -0.1) is 0 Å². The third kappa shape index (κ3) is 9.27. The number of hydrogen-bond acceptors (Lipinski definition) is 2. The third-order valence-electron chi connectivity index (χ3n) is 3.66. The average Bonchev–Trinajstić information content (AvgIpc) is 2.45. The normalized spacial score (nSPS) is 12.5. The summed E-state index contributed by atoms with van der Waals surface area (Å²) >= 11 is 0. The highest BCUT2D eigenvalue weighted by atomic mass is 16.4. The molecule has 0 saturated carbocycles. The van der Waals surface area contributed by atoms with Gasteiger partial charge in [0.2, 0.25) is 5.91 Å². The number of carboxylic acid groups (broad SMARTS) is 1. The Balaban J connectivity index is 4.33. The van der Waals surface area contributed by atoms with Crippen molar-refractivity contribution in [1.82, 2.24) is 4.90 Å². The zero-order valence-corrected chi connectivity index (χ0v) is 13.8. The molecule has 0 aromatic heterocycles. The van der Waals surface area contributed by atoms with Crippen molar-refractivity contribution < 1.29 is 14.7 Å². The first kappa shape index (κ1) is 19.7. The first-order valence-corrected chi connectivity index (χ1v) is 8.22. The first-order valence-electron chi connectivity index (χ1n) is 8.22. The summed E-state index contributed by atoms with van der Waals surface area (Å²) in [7, 11) is 0. The number of hydrogen-bond donors (Lipinski definition) is 1. The van der Waals surface area contributed by atoms with E-state index >= 15 is 0 Å². The summed E-state index contributed by atoms with van der Waals surface area (Å²) < 4.78 is 0. The molecule has 0 aromatic rings. The number of unbranched alkanes of at least 4 members (excludes halogenated alkanes) is 4. The standard InChI is InChI=1S/C17H31NO3/c1-4-7-8-9-10-11-12-13-15(14-16(19)20)17(21)18(5-2)6-3/h11-12,15H,4-10,13-14H2,1-3H3,(H,19,20)/b12-11-. The monoisotopic (exact) mass is 297 g/mol. The van der Waals surface area contributed by atoms with Crippen molar-refractivity contribution in [3.05, 3.63) is 12.2 Å². The fourth-order valence-electron chi connectivity index (χ4n) is 2.34. The van der Waals surface area contributed by atoms with E-state index in [2.05, 4.69) is 13.0 Å². The molecule has 0 aliphatic carbocycles. The van der Waals surface area contributed by atoms with Crippen molar-refractivity contribution in [1.29, 1.82) is 0 Å². The lowest BCUT2D eigenvalue weighted by atomic mass is 9.98. The van der Waals surface area contributed by atoms with Crippen LogP contribution in [0.5, 0.6) is 0 Å². The Morgan fingerprint density at radius 2 is 1.71 bits per heavy atom. The number of carbonyl (C=O) groups excluding carboxylic acids is 1. The molecule has 0 heterocycles. The fourth-order valence-corrected chi connectivity index (χ4v) is 2.34. The van der Waals surface area contributed by atoms with Crippen molar-refractivity contribution in [2.75, 3.05) is 13.1 Å². The molecule has 4 nitrogen and oxygen atoms in total. The van der Waals surface area contributed by atoms with Gasteiger partial charge in [-0.05, 0) is 33.1 Å². The number of aliphatic carboxylic acids is 1. The van der Waals surface area contributed by atoms with Crippen molar-refractivity contribution in [3.63, 3.8) is 0 Å². The summed E-state index contributed by atoms with van der Waals surface area (Å²) in [4.78, 5) is 24.9. The van der Waals surface area contributed by atoms with Gasteiger partial charge in [-0.3, -0.25) is 9.59 Å². The van der Waals surface area contributed by atoms with Crippen molar-refractivity contribution in [3.8, 4) is 0 Å². The Hall–Kier alpha value is -1.32. The Kier molecular flexibility index (Phi) is 11.6. The number of rotatable bonds is 12. The Morgan fingerprint density at radius 3 is 2.24 bits per heavy atom. The van der Waals surface area contributed by atoms with Gasteiger partial charge in [0, 0.05) is 13.1 Å². The highest BCUT2D eigenvalue weighted by Gasteiger charge is 2.23. The lowest BCUT2D eigenvalue weighted by Crippen LogP contribution is -2.36. The Labute approximate surface area is 129 Å². The van der Waals surface area contributed by atoms with Crippen LogP contribution in [0.25, 0.3) is 0 Å². The smallest absolute Gasteiger partial charge is 0.304 e. The van der Waals surface area contributed by atoms with Crippen LogP contribution in [0.15, 0.2) is 12.2 Å². The molecule has 0 aliphatic heterocycles. The quantitative estimate of drug-likeness (QED) is 0.439. The summed E-state index contributed by atoms with van der Waals surface area (Å²) in [6.45, 7) is 7.29. The van der Waals surface area contributed by atoms with Crippen LogP contribution < -0.4 is 0 Å². The molecule has 1 N–H and O–H groups in total. The van der Waals surface area contributed by atoms with E-state index in [4.69, 9.17) is 5.11 Å². The molecule has 0 rings (SSSR count). The van der Waals surface area contributed by atoms with E-state index in [0.29, 0.717) is 19.5 Å². The van der Waals surface area contributed by atoms with Crippen LogP contribution in [0.1, 0.15) is 65.7 Å². The molecule has 21 heavy (non-hydrogen) atoms. The van der Waals surface area contributed by atoms with Gasteiger partial charge in [0.05, 0.1) is 12.3 Å². The van der Waals surface area contributed by atoms with Gasteiger partial charge in [0.25, 0.3) is 0 Å². The highest BCUT2D eigenvalue weighted by Crippen LogP contribution is 2.14. The molecule has 1 unspecified atom stereocenters. The molecule has 1 atom stereocenters. The molecule has 0 aliphatic rings. The van der Waals surface area contributed by atoms with E-state index in [1.54, 1.807) is 4.90 Å². The van der Waals surface area contributed by atoms with Crippen molar-refractivity contribution in [2.45, 2.75) is 65.7 Å². The highest BCUT2D eigenvalue weighted by molar-refractivity contribution is 5.83. The van der Waals surface area contributed by atoms with Gasteiger partial charge in [0.15, 0.2) is 0 Å². The molecule has 0 saturated heterocycles. The molecular formula is C17H31NO3. The van der Waals surface area contributed by atoms with Gasteiger partial charge in [-0.25, -0.2) is 0 Å². The molecule has 4 heteroatoms. The maximum absolute atomic E-state index is 12.3. The molecule has 122 valence electrons. The van der Waals surface area contributed by atoms with E-state index in [1.807, 2.05) is 19.9 Å². The second kappa shape index (κ2) is 12.4. The van der Waals surface area contributed by atoms with Crippen molar-refractivity contribution >= 4 is 11.9 Å². The van der Waals surface area contributed by atoms with Gasteiger partial charge in [0.1, 0.15) is 0 Å². The zero-order valence-electron chi connectivity index (χ0n) is 13.8. The van der Waals surface area contributed by atoms with Crippen LogP contribution >= 0.6 is 0 Å². The Bertz CT molecular complexity index is 322. The third-order valence-corrected chi connectivity index (χ3v) is 3.66. The van der Waals surface area contributed by atoms with E-state index in [9.17, 15) is 9.59 Å². The lowest BCUT2D eigenvalue weighted by Gasteiger charge is -2.23. The number of allylic oxidation sites excluding steroid dienone is 2. The zero-order chi connectivity index (χ0) is 16.1. The molecule has 0 fully saturated rings. The van der Waals surface area contributed by atoms with Crippen molar-refractivity contribution in [2.24, 2.45) is 5.92 Å².